The van der Waals surface area contributed by atoms with E-state index in [0.29, 0.717) is 17.4 Å². The highest BCUT2D eigenvalue weighted by Crippen LogP contribution is 2.34. The van der Waals surface area contributed by atoms with E-state index in [-0.39, 0.29) is 11.0 Å². The van der Waals surface area contributed by atoms with E-state index in [0.717, 1.165) is 18.4 Å². The Labute approximate surface area is 127 Å². The van der Waals surface area contributed by atoms with Crippen LogP contribution in [-0.2, 0) is 13.0 Å². The first-order valence-electron chi connectivity index (χ1n) is 6.99. The molecule has 4 rings (SSSR count). The number of aryl methyl sites for hydroxylation is 2. The van der Waals surface area contributed by atoms with E-state index in [1.807, 2.05) is 6.07 Å². The zero-order chi connectivity index (χ0) is 16.3. The van der Waals surface area contributed by atoms with Gasteiger partial charge in [0.1, 0.15) is 5.39 Å². The molecular weight excluding hydrogens is 304 g/mol. The molecule has 8 heteroatoms. The van der Waals surface area contributed by atoms with Gasteiger partial charge in [0.05, 0.1) is 10.4 Å². The van der Waals surface area contributed by atoms with Crippen LogP contribution in [0.5, 0.6) is 5.75 Å². The fourth-order valence-electron chi connectivity index (χ4n) is 3.24. The number of rotatable bonds is 1. The SMILES string of the molecule is O=c1oc2c(c(O)c1[N+](=O)[O-])c(=O)n1c3c(cccc23)CCC1. The molecule has 3 heterocycles. The van der Waals surface area contributed by atoms with E-state index >= 15 is 0 Å². The Morgan fingerprint density at radius 1 is 1.30 bits per heavy atom. The lowest BCUT2D eigenvalue weighted by atomic mass is 10.00. The lowest BCUT2D eigenvalue weighted by Gasteiger charge is -2.20. The Hall–Kier alpha value is -3.16. The third-order valence-electron chi connectivity index (χ3n) is 4.18. The summed E-state index contributed by atoms with van der Waals surface area (Å²) in [6.07, 6.45) is 1.53. The molecular formula is C15H10N2O6. The maximum absolute atomic E-state index is 12.7. The van der Waals surface area contributed by atoms with Gasteiger partial charge in [0.25, 0.3) is 5.56 Å². The smallest absolute Gasteiger partial charge is 0.419 e. The summed E-state index contributed by atoms with van der Waals surface area (Å²) in [7, 11) is 0. The lowest BCUT2D eigenvalue weighted by Crippen LogP contribution is -2.25. The van der Waals surface area contributed by atoms with Crippen molar-refractivity contribution in [3.63, 3.8) is 0 Å². The quantitative estimate of drug-likeness (QED) is 0.415. The van der Waals surface area contributed by atoms with Crippen LogP contribution in [0.15, 0.2) is 32.2 Å². The highest BCUT2D eigenvalue weighted by atomic mass is 16.6. The van der Waals surface area contributed by atoms with Crippen LogP contribution in [0.3, 0.4) is 0 Å². The topological polar surface area (TPSA) is 116 Å². The highest BCUT2D eigenvalue weighted by molar-refractivity contribution is 6.05. The van der Waals surface area contributed by atoms with Crippen molar-refractivity contribution in [1.29, 1.82) is 0 Å². The highest BCUT2D eigenvalue weighted by Gasteiger charge is 2.29. The molecule has 0 unspecified atom stereocenters. The van der Waals surface area contributed by atoms with Crippen molar-refractivity contribution in [2.24, 2.45) is 0 Å². The molecule has 0 radical (unpaired) electrons. The van der Waals surface area contributed by atoms with E-state index in [1.54, 1.807) is 12.1 Å². The number of benzene rings is 1. The normalized spacial score (nSPS) is 13.6. The monoisotopic (exact) mass is 314 g/mol. The fourth-order valence-corrected chi connectivity index (χ4v) is 3.24. The van der Waals surface area contributed by atoms with Gasteiger partial charge in [-0.1, -0.05) is 12.1 Å². The first kappa shape index (κ1) is 13.5. The second kappa shape index (κ2) is 4.42. The summed E-state index contributed by atoms with van der Waals surface area (Å²) in [6.45, 7) is 0.439. The van der Waals surface area contributed by atoms with Crippen molar-refractivity contribution in [3.8, 4) is 5.75 Å². The number of para-hydroxylation sites is 1. The zero-order valence-electron chi connectivity index (χ0n) is 11.7. The van der Waals surface area contributed by atoms with Gasteiger partial charge in [0, 0.05) is 11.9 Å². The largest absolute Gasteiger partial charge is 0.501 e. The van der Waals surface area contributed by atoms with Crippen molar-refractivity contribution in [3.05, 3.63) is 54.7 Å². The fraction of sp³-hybridized carbons (Fsp3) is 0.200. The maximum Gasteiger partial charge on any atom is 0.419 e. The Morgan fingerprint density at radius 3 is 2.83 bits per heavy atom. The second-order valence-electron chi connectivity index (χ2n) is 5.42. The first-order chi connectivity index (χ1) is 11.0. The third-order valence-corrected chi connectivity index (χ3v) is 4.18. The average Bonchev–Trinajstić information content (AvgIpc) is 2.51. The van der Waals surface area contributed by atoms with Gasteiger partial charge >= 0.3 is 11.3 Å². The second-order valence-corrected chi connectivity index (χ2v) is 5.42. The maximum atomic E-state index is 12.7. The van der Waals surface area contributed by atoms with Crippen LogP contribution >= 0.6 is 0 Å². The molecule has 0 amide bonds. The number of aromatic nitrogens is 1. The molecule has 0 atom stereocenters. The summed E-state index contributed by atoms with van der Waals surface area (Å²) in [5.74, 6) is -0.937. The standard InChI is InChI=1S/C15H10N2O6/c18-12-9-13(23-15(20)11(12)17(21)22)8-5-1-3-7-4-2-6-16(10(7)8)14(9)19/h1,3,5,18H,2,4,6H2. The van der Waals surface area contributed by atoms with Gasteiger partial charge in [-0.05, 0) is 24.5 Å². The van der Waals surface area contributed by atoms with Gasteiger partial charge in [-0.3, -0.25) is 14.9 Å². The van der Waals surface area contributed by atoms with Crippen LogP contribution < -0.4 is 11.2 Å². The Balaban J connectivity index is 2.36. The Morgan fingerprint density at radius 2 is 2.09 bits per heavy atom. The van der Waals surface area contributed by atoms with Gasteiger partial charge < -0.3 is 14.1 Å². The van der Waals surface area contributed by atoms with Crippen molar-refractivity contribution in [2.75, 3.05) is 0 Å². The Bertz CT molecular complexity index is 1120. The van der Waals surface area contributed by atoms with E-state index in [2.05, 4.69) is 0 Å². The molecule has 0 aliphatic carbocycles. The average molecular weight is 314 g/mol. The van der Waals surface area contributed by atoms with Gasteiger partial charge in [0.15, 0.2) is 5.58 Å². The van der Waals surface area contributed by atoms with Crippen LogP contribution in [0, 0.1) is 10.1 Å². The van der Waals surface area contributed by atoms with Crippen LogP contribution in [0.2, 0.25) is 0 Å². The van der Waals surface area contributed by atoms with Crippen LogP contribution in [0.1, 0.15) is 12.0 Å². The minimum Gasteiger partial charge on any atom is -0.501 e. The minimum atomic E-state index is -1.28. The van der Waals surface area contributed by atoms with Gasteiger partial charge in [-0.2, -0.15) is 0 Å². The van der Waals surface area contributed by atoms with Crippen LogP contribution in [0.25, 0.3) is 21.9 Å². The number of aromatic hydroxyl groups is 1. The lowest BCUT2D eigenvalue weighted by molar-refractivity contribution is -0.388. The number of nitro groups is 1. The molecule has 1 N–H and O–H groups in total. The molecule has 0 saturated heterocycles. The molecule has 8 nitrogen and oxygen atoms in total. The molecule has 3 aromatic rings. The number of hydrogen-bond acceptors (Lipinski definition) is 6. The molecule has 1 aliphatic heterocycles. The van der Waals surface area contributed by atoms with Gasteiger partial charge in [0.2, 0.25) is 5.75 Å². The number of fused-ring (bicyclic) bond motifs is 2. The first-order valence-corrected chi connectivity index (χ1v) is 6.99. The summed E-state index contributed by atoms with van der Waals surface area (Å²) < 4.78 is 6.51. The van der Waals surface area contributed by atoms with E-state index in [9.17, 15) is 24.8 Å². The van der Waals surface area contributed by atoms with Crippen LogP contribution in [0.4, 0.5) is 5.69 Å². The molecule has 0 bridgehead atoms. The molecule has 0 fully saturated rings. The minimum absolute atomic E-state index is 0.113. The predicted octanol–water partition coefficient (Wildman–Crippen LogP) is 1.67. The molecule has 116 valence electrons. The molecule has 1 aliphatic rings. The number of pyridine rings is 1. The third kappa shape index (κ3) is 1.65. The van der Waals surface area contributed by atoms with Crippen molar-refractivity contribution < 1.29 is 14.4 Å². The number of nitrogens with zero attached hydrogens (tertiary/aromatic N) is 2. The summed E-state index contributed by atoms with van der Waals surface area (Å²) >= 11 is 0. The molecule has 2 aromatic heterocycles. The summed E-state index contributed by atoms with van der Waals surface area (Å²) in [4.78, 5) is 34.4. The van der Waals surface area contributed by atoms with E-state index in [4.69, 9.17) is 4.42 Å². The zero-order valence-corrected chi connectivity index (χ0v) is 11.7. The number of hydrogen-bond donors (Lipinski definition) is 1. The molecule has 23 heavy (non-hydrogen) atoms. The molecule has 1 aromatic carbocycles. The summed E-state index contributed by atoms with van der Waals surface area (Å²) in [6, 6.07) is 5.30. The molecule has 0 saturated carbocycles. The predicted molar refractivity (Wildman–Crippen MR) is 80.9 cm³/mol. The van der Waals surface area contributed by atoms with Crippen molar-refractivity contribution in [1.82, 2.24) is 4.57 Å². The van der Waals surface area contributed by atoms with E-state index < -0.39 is 27.5 Å². The summed E-state index contributed by atoms with van der Waals surface area (Å²) in [5, 5.41) is 21.2. The summed E-state index contributed by atoms with van der Waals surface area (Å²) in [5.41, 5.74) is -1.52. The van der Waals surface area contributed by atoms with Gasteiger partial charge in [-0.15, -0.1) is 0 Å². The van der Waals surface area contributed by atoms with Gasteiger partial charge in [-0.25, -0.2) is 4.79 Å². The Kier molecular flexibility index (Phi) is 2.59. The van der Waals surface area contributed by atoms with E-state index in [1.165, 1.54) is 4.57 Å². The van der Waals surface area contributed by atoms with Crippen LogP contribution in [-0.4, -0.2) is 14.6 Å². The molecule has 0 spiro atoms. The van der Waals surface area contributed by atoms with Crippen molar-refractivity contribution >= 4 is 27.6 Å². The van der Waals surface area contributed by atoms with Crippen molar-refractivity contribution in [2.45, 2.75) is 19.4 Å².